The van der Waals surface area contributed by atoms with Gasteiger partial charge in [-0.2, -0.15) is 0 Å². The van der Waals surface area contributed by atoms with Crippen LogP contribution in [0.1, 0.15) is 20.8 Å². The largest absolute Gasteiger partial charge is 0.497 e. The molecular formula is C19H23NO4. The van der Waals surface area contributed by atoms with Crippen LogP contribution in [0.4, 0.5) is 5.69 Å². The molecule has 2 rings (SSSR count). The zero-order chi connectivity index (χ0) is 17.5. The molecule has 5 nitrogen and oxygen atoms in total. The van der Waals surface area contributed by atoms with Gasteiger partial charge in [-0.05, 0) is 69.3 Å². The van der Waals surface area contributed by atoms with E-state index in [-0.39, 0.29) is 12.0 Å². The molecule has 0 aliphatic rings. The van der Waals surface area contributed by atoms with Crippen LogP contribution in [0, 0.1) is 0 Å². The molecule has 24 heavy (non-hydrogen) atoms. The SMILES string of the molecule is COc1ccc(O[C@@H](C)C(=O)Nc2ccc(OC(C)C)cc2)cc1. The van der Waals surface area contributed by atoms with E-state index in [0.717, 1.165) is 11.5 Å². The molecule has 2 aromatic carbocycles. The molecule has 2 aromatic rings. The summed E-state index contributed by atoms with van der Waals surface area (Å²) in [6.07, 6.45) is -0.506. The van der Waals surface area contributed by atoms with Gasteiger partial charge in [0.1, 0.15) is 17.2 Å². The van der Waals surface area contributed by atoms with Crippen molar-refractivity contribution >= 4 is 11.6 Å². The molecule has 1 atom stereocenters. The third kappa shape index (κ3) is 5.19. The first-order valence-corrected chi connectivity index (χ1v) is 7.86. The fraction of sp³-hybridized carbons (Fsp3) is 0.316. The van der Waals surface area contributed by atoms with Crippen LogP contribution in [0.5, 0.6) is 17.2 Å². The lowest BCUT2D eigenvalue weighted by Crippen LogP contribution is -2.30. The van der Waals surface area contributed by atoms with Crippen molar-refractivity contribution in [3.05, 3.63) is 48.5 Å². The summed E-state index contributed by atoms with van der Waals surface area (Å²) in [6, 6.07) is 14.3. The first-order chi connectivity index (χ1) is 11.5. The summed E-state index contributed by atoms with van der Waals surface area (Å²) >= 11 is 0. The maximum absolute atomic E-state index is 12.2. The van der Waals surface area contributed by atoms with Crippen molar-refractivity contribution in [2.45, 2.75) is 33.0 Å². The maximum atomic E-state index is 12.2. The Bertz CT molecular complexity index is 650. The number of amides is 1. The minimum absolute atomic E-state index is 0.114. The highest BCUT2D eigenvalue weighted by Crippen LogP contribution is 2.20. The number of anilines is 1. The Morgan fingerprint density at radius 3 is 1.88 bits per heavy atom. The van der Waals surface area contributed by atoms with E-state index in [4.69, 9.17) is 14.2 Å². The second-order valence-corrected chi connectivity index (χ2v) is 5.62. The first-order valence-electron chi connectivity index (χ1n) is 7.86. The number of hydrogen-bond acceptors (Lipinski definition) is 4. The Labute approximate surface area is 142 Å². The van der Waals surface area contributed by atoms with Gasteiger partial charge in [0.2, 0.25) is 0 Å². The lowest BCUT2D eigenvalue weighted by Gasteiger charge is -2.15. The second kappa shape index (κ2) is 8.24. The molecule has 0 spiro atoms. The molecule has 0 aromatic heterocycles. The predicted molar refractivity (Wildman–Crippen MR) is 93.9 cm³/mol. The van der Waals surface area contributed by atoms with Gasteiger partial charge in [-0.15, -0.1) is 0 Å². The van der Waals surface area contributed by atoms with E-state index in [1.54, 1.807) is 50.4 Å². The van der Waals surface area contributed by atoms with Gasteiger partial charge in [0, 0.05) is 5.69 Å². The summed E-state index contributed by atoms with van der Waals surface area (Å²) in [5, 5.41) is 2.82. The number of hydrogen-bond donors (Lipinski definition) is 1. The highest BCUT2D eigenvalue weighted by molar-refractivity contribution is 5.94. The van der Waals surface area contributed by atoms with E-state index in [2.05, 4.69) is 5.32 Å². The van der Waals surface area contributed by atoms with Gasteiger partial charge < -0.3 is 19.5 Å². The van der Waals surface area contributed by atoms with Gasteiger partial charge in [0.25, 0.3) is 5.91 Å². The van der Waals surface area contributed by atoms with Crippen molar-refractivity contribution in [3.63, 3.8) is 0 Å². The molecule has 0 heterocycles. The smallest absolute Gasteiger partial charge is 0.265 e. The van der Waals surface area contributed by atoms with Crippen LogP contribution in [0.15, 0.2) is 48.5 Å². The highest BCUT2D eigenvalue weighted by Gasteiger charge is 2.15. The molecule has 0 aliphatic heterocycles. The summed E-state index contributed by atoms with van der Waals surface area (Å²) in [5.41, 5.74) is 0.696. The number of carbonyl (C=O) groups excluding carboxylic acids is 1. The third-order valence-electron chi connectivity index (χ3n) is 3.24. The Morgan fingerprint density at radius 2 is 1.33 bits per heavy atom. The fourth-order valence-electron chi connectivity index (χ4n) is 2.04. The van der Waals surface area contributed by atoms with E-state index in [9.17, 15) is 4.79 Å². The number of methoxy groups -OCH3 is 1. The average Bonchev–Trinajstić information content (AvgIpc) is 2.56. The number of benzene rings is 2. The lowest BCUT2D eigenvalue weighted by atomic mass is 10.2. The number of nitrogens with one attached hydrogen (secondary N) is 1. The zero-order valence-electron chi connectivity index (χ0n) is 14.4. The highest BCUT2D eigenvalue weighted by atomic mass is 16.5. The van der Waals surface area contributed by atoms with E-state index < -0.39 is 6.10 Å². The molecular weight excluding hydrogens is 306 g/mol. The van der Waals surface area contributed by atoms with E-state index in [1.807, 2.05) is 26.0 Å². The van der Waals surface area contributed by atoms with Gasteiger partial charge in [-0.3, -0.25) is 4.79 Å². The van der Waals surface area contributed by atoms with Crippen molar-refractivity contribution < 1.29 is 19.0 Å². The summed E-state index contributed by atoms with van der Waals surface area (Å²) in [7, 11) is 1.60. The van der Waals surface area contributed by atoms with Crippen LogP contribution >= 0.6 is 0 Å². The molecule has 0 saturated heterocycles. The topological polar surface area (TPSA) is 56.8 Å². The Balaban J connectivity index is 1.90. The fourth-order valence-corrected chi connectivity index (χ4v) is 2.04. The molecule has 0 fully saturated rings. The number of ether oxygens (including phenoxy) is 3. The van der Waals surface area contributed by atoms with E-state index in [1.165, 1.54) is 0 Å². The summed E-state index contributed by atoms with van der Waals surface area (Å²) in [4.78, 5) is 12.2. The van der Waals surface area contributed by atoms with Gasteiger partial charge in [-0.1, -0.05) is 0 Å². The van der Waals surface area contributed by atoms with Crippen LogP contribution < -0.4 is 19.5 Å². The van der Waals surface area contributed by atoms with Crippen molar-refractivity contribution in [2.75, 3.05) is 12.4 Å². The minimum atomic E-state index is -0.620. The van der Waals surface area contributed by atoms with Crippen LogP contribution in [0.2, 0.25) is 0 Å². The van der Waals surface area contributed by atoms with Gasteiger partial charge >= 0.3 is 0 Å². The van der Waals surface area contributed by atoms with Crippen molar-refractivity contribution in [3.8, 4) is 17.2 Å². The Morgan fingerprint density at radius 1 is 0.833 bits per heavy atom. The number of carbonyl (C=O) groups is 1. The standard InChI is InChI=1S/C19H23NO4/c1-13(2)23-17-7-5-15(6-8-17)20-19(21)14(3)24-18-11-9-16(22-4)10-12-18/h5-14H,1-4H3,(H,20,21)/t14-/m0/s1. The average molecular weight is 329 g/mol. The molecule has 5 heteroatoms. The molecule has 0 bridgehead atoms. The molecule has 0 unspecified atom stereocenters. The summed E-state index contributed by atoms with van der Waals surface area (Å²) in [5.74, 6) is 1.90. The Kier molecular flexibility index (Phi) is 6.07. The summed E-state index contributed by atoms with van der Waals surface area (Å²) < 4.78 is 16.3. The van der Waals surface area contributed by atoms with E-state index >= 15 is 0 Å². The first kappa shape index (κ1) is 17.7. The Hall–Kier alpha value is -2.69. The zero-order valence-corrected chi connectivity index (χ0v) is 14.4. The van der Waals surface area contributed by atoms with Crippen molar-refractivity contribution in [1.82, 2.24) is 0 Å². The predicted octanol–water partition coefficient (Wildman–Crippen LogP) is 3.89. The van der Waals surface area contributed by atoms with Crippen molar-refractivity contribution in [1.29, 1.82) is 0 Å². The third-order valence-corrected chi connectivity index (χ3v) is 3.24. The molecule has 1 N–H and O–H groups in total. The monoisotopic (exact) mass is 329 g/mol. The summed E-state index contributed by atoms with van der Waals surface area (Å²) in [6.45, 7) is 5.64. The van der Waals surface area contributed by atoms with Crippen LogP contribution in [0.25, 0.3) is 0 Å². The molecule has 1 amide bonds. The van der Waals surface area contributed by atoms with Crippen LogP contribution in [-0.2, 0) is 4.79 Å². The van der Waals surface area contributed by atoms with Gasteiger partial charge in [-0.25, -0.2) is 0 Å². The van der Waals surface area contributed by atoms with Crippen LogP contribution in [-0.4, -0.2) is 25.2 Å². The quantitative estimate of drug-likeness (QED) is 0.837. The minimum Gasteiger partial charge on any atom is -0.497 e. The lowest BCUT2D eigenvalue weighted by molar-refractivity contribution is -0.122. The molecule has 0 aliphatic carbocycles. The van der Waals surface area contributed by atoms with Gasteiger partial charge in [0.15, 0.2) is 6.10 Å². The number of rotatable bonds is 7. The molecule has 128 valence electrons. The maximum Gasteiger partial charge on any atom is 0.265 e. The van der Waals surface area contributed by atoms with Crippen molar-refractivity contribution in [2.24, 2.45) is 0 Å². The molecule has 0 saturated carbocycles. The normalized spacial score (nSPS) is 11.7. The van der Waals surface area contributed by atoms with Crippen LogP contribution in [0.3, 0.4) is 0 Å². The van der Waals surface area contributed by atoms with E-state index in [0.29, 0.717) is 11.4 Å². The van der Waals surface area contributed by atoms with Gasteiger partial charge in [0.05, 0.1) is 13.2 Å². The second-order valence-electron chi connectivity index (χ2n) is 5.62. The molecule has 0 radical (unpaired) electrons.